The van der Waals surface area contributed by atoms with Crippen LogP contribution in [0.3, 0.4) is 0 Å². The molecule has 0 heterocycles. The maximum Gasteiger partial charge on any atom is 0.269 e. The molecule has 0 radical (unpaired) electrons. The Bertz CT molecular complexity index is 681. The number of benzene rings is 2. The molecule has 0 saturated carbocycles. The number of hydrogen-bond acceptors (Lipinski definition) is 3. The van der Waals surface area contributed by atoms with Crippen LogP contribution in [0.15, 0.2) is 60.7 Å². The van der Waals surface area contributed by atoms with Crippen LogP contribution in [0.2, 0.25) is 0 Å². The summed E-state index contributed by atoms with van der Waals surface area (Å²) in [7, 11) is 1.56. The molecule has 0 aliphatic carbocycles. The first-order chi connectivity index (χ1) is 10.7. The minimum atomic E-state index is -0.435. The number of amides is 2. The molecule has 0 saturated heterocycles. The zero-order valence-electron chi connectivity index (χ0n) is 12.1. The van der Waals surface area contributed by atoms with Crippen molar-refractivity contribution in [2.24, 2.45) is 0 Å². The van der Waals surface area contributed by atoms with Gasteiger partial charge in [0, 0.05) is 17.2 Å². The van der Waals surface area contributed by atoms with Gasteiger partial charge >= 0.3 is 0 Å². The van der Waals surface area contributed by atoms with Crippen LogP contribution in [0.1, 0.15) is 15.9 Å². The quantitative estimate of drug-likeness (QED) is 0.671. The summed E-state index contributed by atoms with van der Waals surface area (Å²) in [5.74, 6) is -0.144. The summed E-state index contributed by atoms with van der Waals surface area (Å²) in [5, 5.41) is 0. The number of methoxy groups -OCH3 is 1. The minimum Gasteiger partial charge on any atom is -0.496 e. The van der Waals surface area contributed by atoms with Gasteiger partial charge in [0.15, 0.2) is 0 Å². The maximum absolute atomic E-state index is 11.8. The first-order valence-corrected chi connectivity index (χ1v) is 6.67. The van der Waals surface area contributed by atoms with Crippen LogP contribution >= 0.6 is 0 Å². The van der Waals surface area contributed by atoms with E-state index in [-0.39, 0.29) is 5.91 Å². The summed E-state index contributed by atoms with van der Waals surface area (Å²) in [6.45, 7) is 0. The van der Waals surface area contributed by atoms with Gasteiger partial charge in [-0.15, -0.1) is 0 Å². The van der Waals surface area contributed by atoms with Crippen molar-refractivity contribution in [2.75, 3.05) is 7.11 Å². The highest BCUT2D eigenvalue weighted by Crippen LogP contribution is 2.18. The van der Waals surface area contributed by atoms with Crippen LogP contribution < -0.4 is 15.6 Å². The standard InChI is InChI=1S/C17H16N2O3/c1-22-15-10-6-5-7-13(15)11-12-16(20)18-19-17(21)14-8-3-2-4-9-14/h2-12H,1H3,(H,18,20)(H,19,21). The van der Waals surface area contributed by atoms with Gasteiger partial charge in [0.1, 0.15) is 5.75 Å². The van der Waals surface area contributed by atoms with Crippen molar-refractivity contribution in [1.29, 1.82) is 0 Å². The number of carbonyl (C=O) groups is 2. The smallest absolute Gasteiger partial charge is 0.269 e. The zero-order valence-corrected chi connectivity index (χ0v) is 12.1. The number of hydrogen-bond donors (Lipinski definition) is 2. The molecule has 2 rings (SSSR count). The molecule has 22 heavy (non-hydrogen) atoms. The summed E-state index contributed by atoms with van der Waals surface area (Å²) in [6, 6.07) is 15.9. The maximum atomic E-state index is 11.8. The predicted octanol–water partition coefficient (Wildman–Crippen LogP) is 2.17. The van der Waals surface area contributed by atoms with E-state index in [0.29, 0.717) is 11.3 Å². The first-order valence-electron chi connectivity index (χ1n) is 6.67. The molecule has 5 nitrogen and oxygen atoms in total. The molecule has 0 bridgehead atoms. The fourth-order valence-corrected chi connectivity index (χ4v) is 1.79. The Morgan fingerprint density at radius 1 is 0.955 bits per heavy atom. The Kier molecular flexibility index (Phi) is 5.31. The average Bonchev–Trinajstić information content (AvgIpc) is 2.58. The molecule has 0 spiro atoms. The molecule has 2 aromatic rings. The van der Waals surface area contributed by atoms with Gasteiger partial charge in [-0.05, 0) is 24.3 Å². The van der Waals surface area contributed by atoms with Crippen molar-refractivity contribution in [3.05, 3.63) is 71.8 Å². The minimum absolute atomic E-state index is 0.375. The van der Waals surface area contributed by atoms with E-state index >= 15 is 0 Å². The highest BCUT2D eigenvalue weighted by Gasteiger charge is 2.04. The van der Waals surface area contributed by atoms with Crippen molar-refractivity contribution in [3.63, 3.8) is 0 Å². The molecule has 0 aliphatic rings. The van der Waals surface area contributed by atoms with E-state index < -0.39 is 5.91 Å². The Hall–Kier alpha value is -3.08. The average molecular weight is 296 g/mol. The zero-order chi connectivity index (χ0) is 15.8. The fraction of sp³-hybridized carbons (Fsp3) is 0.0588. The van der Waals surface area contributed by atoms with Crippen molar-refractivity contribution in [2.45, 2.75) is 0 Å². The highest BCUT2D eigenvalue weighted by molar-refractivity contribution is 5.97. The Morgan fingerprint density at radius 2 is 1.64 bits per heavy atom. The monoisotopic (exact) mass is 296 g/mol. The second kappa shape index (κ2) is 7.64. The summed E-state index contributed by atoms with van der Waals surface area (Å²) in [6.07, 6.45) is 2.94. The van der Waals surface area contributed by atoms with Gasteiger partial charge in [-0.25, -0.2) is 0 Å². The van der Waals surface area contributed by atoms with Crippen LogP contribution in [0.4, 0.5) is 0 Å². The number of ether oxygens (including phenoxy) is 1. The number of nitrogens with one attached hydrogen (secondary N) is 2. The van der Waals surface area contributed by atoms with Crippen molar-refractivity contribution in [3.8, 4) is 5.75 Å². The first kappa shape index (κ1) is 15.3. The molecule has 2 aromatic carbocycles. The third kappa shape index (κ3) is 4.21. The molecule has 0 atom stereocenters. The van der Waals surface area contributed by atoms with Crippen molar-refractivity contribution < 1.29 is 14.3 Å². The third-order valence-corrected chi connectivity index (χ3v) is 2.89. The summed E-state index contributed by atoms with van der Waals surface area (Å²) < 4.78 is 5.18. The number of carbonyl (C=O) groups excluding carboxylic acids is 2. The molecule has 2 N–H and O–H groups in total. The Balaban J connectivity index is 1.90. The van der Waals surface area contributed by atoms with Gasteiger partial charge in [0.25, 0.3) is 11.8 Å². The second-order valence-electron chi connectivity index (χ2n) is 4.38. The van der Waals surface area contributed by atoms with Crippen LogP contribution in [-0.2, 0) is 4.79 Å². The van der Waals surface area contributed by atoms with E-state index in [1.807, 2.05) is 24.3 Å². The topological polar surface area (TPSA) is 67.4 Å². The van der Waals surface area contributed by atoms with Crippen LogP contribution in [0.5, 0.6) is 5.75 Å². The molecule has 0 aliphatic heterocycles. The molecular weight excluding hydrogens is 280 g/mol. The predicted molar refractivity (Wildman–Crippen MR) is 84.1 cm³/mol. The number of rotatable bonds is 4. The lowest BCUT2D eigenvalue weighted by Crippen LogP contribution is -2.40. The second-order valence-corrected chi connectivity index (χ2v) is 4.38. The van der Waals surface area contributed by atoms with Crippen molar-refractivity contribution in [1.82, 2.24) is 10.9 Å². The van der Waals surface area contributed by atoms with E-state index in [1.165, 1.54) is 6.08 Å². The largest absolute Gasteiger partial charge is 0.496 e. The van der Waals surface area contributed by atoms with Crippen LogP contribution in [0.25, 0.3) is 6.08 Å². The van der Waals surface area contributed by atoms with Gasteiger partial charge in [-0.3, -0.25) is 20.4 Å². The highest BCUT2D eigenvalue weighted by atomic mass is 16.5. The Labute approximate surface area is 128 Å². The normalized spacial score (nSPS) is 10.2. The lowest BCUT2D eigenvalue weighted by atomic mass is 10.2. The number of para-hydroxylation sites is 1. The van der Waals surface area contributed by atoms with Crippen LogP contribution in [-0.4, -0.2) is 18.9 Å². The molecule has 0 aromatic heterocycles. The Morgan fingerprint density at radius 3 is 2.36 bits per heavy atom. The van der Waals surface area contributed by atoms with Gasteiger partial charge in [0.2, 0.25) is 0 Å². The van der Waals surface area contributed by atoms with Gasteiger partial charge in [-0.2, -0.15) is 0 Å². The third-order valence-electron chi connectivity index (χ3n) is 2.89. The summed E-state index contributed by atoms with van der Waals surface area (Å²) in [4.78, 5) is 23.5. The van der Waals surface area contributed by atoms with Crippen LogP contribution in [0, 0.1) is 0 Å². The lowest BCUT2D eigenvalue weighted by Gasteiger charge is -2.05. The van der Waals surface area contributed by atoms with E-state index in [0.717, 1.165) is 5.56 Å². The fourth-order valence-electron chi connectivity index (χ4n) is 1.79. The SMILES string of the molecule is COc1ccccc1C=CC(=O)NNC(=O)c1ccccc1. The van der Waals surface area contributed by atoms with E-state index in [1.54, 1.807) is 43.5 Å². The molecular formula is C17H16N2O3. The van der Waals surface area contributed by atoms with E-state index in [4.69, 9.17) is 4.74 Å². The lowest BCUT2D eigenvalue weighted by molar-refractivity contribution is -0.117. The van der Waals surface area contributed by atoms with Crippen molar-refractivity contribution >= 4 is 17.9 Å². The summed E-state index contributed by atoms with van der Waals surface area (Å²) >= 11 is 0. The number of hydrazine groups is 1. The van der Waals surface area contributed by atoms with Gasteiger partial charge < -0.3 is 4.74 Å². The molecule has 5 heteroatoms. The van der Waals surface area contributed by atoms with E-state index in [9.17, 15) is 9.59 Å². The molecule has 0 unspecified atom stereocenters. The van der Waals surface area contributed by atoms with Gasteiger partial charge in [-0.1, -0.05) is 36.4 Å². The van der Waals surface area contributed by atoms with E-state index in [2.05, 4.69) is 10.9 Å². The molecule has 112 valence electrons. The molecule has 2 amide bonds. The van der Waals surface area contributed by atoms with Gasteiger partial charge in [0.05, 0.1) is 7.11 Å². The molecule has 0 fully saturated rings. The summed E-state index contributed by atoms with van der Waals surface area (Å²) in [5.41, 5.74) is 5.91.